The van der Waals surface area contributed by atoms with E-state index in [0.29, 0.717) is 0 Å². The summed E-state index contributed by atoms with van der Waals surface area (Å²) in [5, 5.41) is 3.39. The number of nitrogens with one attached hydrogen (secondary N) is 1. The second-order valence-corrected chi connectivity index (χ2v) is 5.39. The van der Waals surface area contributed by atoms with Crippen LogP contribution in [0.15, 0.2) is 36.7 Å². The highest BCUT2D eigenvalue weighted by Gasteiger charge is 2.07. The van der Waals surface area contributed by atoms with Crippen molar-refractivity contribution >= 4 is 17.0 Å². The van der Waals surface area contributed by atoms with Crippen LogP contribution in [-0.4, -0.2) is 28.2 Å². The molecule has 0 saturated carbocycles. The summed E-state index contributed by atoms with van der Waals surface area (Å²) in [5.74, 6) is 1.77. The number of pyridine rings is 1. The summed E-state index contributed by atoms with van der Waals surface area (Å²) < 4.78 is 7.34. The Morgan fingerprint density at radius 2 is 2.14 bits per heavy atom. The quantitative estimate of drug-likeness (QED) is 0.786. The van der Waals surface area contributed by atoms with Crippen LogP contribution in [0.5, 0.6) is 5.75 Å². The Balaban J connectivity index is 1.70. The van der Waals surface area contributed by atoms with Crippen LogP contribution < -0.4 is 10.1 Å². The van der Waals surface area contributed by atoms with Gasteiger partial charge in [-0.15, -0.1) is 0 Å². The number of aryl methyl sites for hydroxylation is 2. The van der Waals surface area contributed by atoms with E-state index in [1.807, 2.05) is 29.9 Å². The van der Waals surface area contributed by atoms with Gasteiger partial charge in [-0.3, -0.25) is 4.98 Å². The third kappa shape index (κ3) is 2.88. The van der Waals surface area contributed by atoms with E-state index in [2.05, 4.69) is 34.3 Å². The molecule has 1 aromatic carbocycles. The lowest BCUT2D eigenvalue weighted by Gasteiger charge is -2.08. The Morgan fingerprint density at radius 1 is 1.27 bits per heavy atom. The van der Waals surface area contributed by atoms with Crippen LogP contribution in [0, 0.1) is 6.92 Å². The maximum absolute atomic E-state index is 5.32. The molecule has 0 fully saturated rings. The molecule has 0 amide bonds. The average molecular weight is 296 g/mol. The first-order valence-corrected chi connectivity index (χ1v) is 7.32. The van der Waals surface area contributed by atoms with Crippen LogP contribution in [0.3, 0.4) is 0 Å². The predicted octanol–water partition coefficient (Wildman–Crippen LogP) is 2.94. The zero-order valence-electron chi connectivity index (χ0n) is 13.1. The van der Waals surface area contributed by atoms with Gasteiger partial charge >= 0.3 is 0 Å². The van der Waals surface area contributed by atoms with E-state index in [-0.39, 0.29) is 0 Å². The second-order valence-electron chi connectivity index (χ2n) is 5.39. The lowest BCUT2D eigenvalue weighted by atomic mass is 10.1. The highest BCUT2D eigenvalue weighted by molar-refractivity contribution is 5.77. The van der Waals surface area contributed by atoms with Gasteiger partial charge in [0.2, 0.25) is 5.95 Å². The van der Waals surface area contributed by atoms with Crippen LogP contribution >= 0.6 is 0 Å². The van der Waals surface area contributed by atoms with Gasteiger partial charge in [0.25, 0.3) is 0 Å². The number of fused-ring (bicyclic) bond motifs is 1. The first-order chi connectivity index (χ1) is 10.7. The van der Waals surface area contributed by atoms with Crippen molar-refractivity contribution in [3.63, 3.8) is 0 Å². The summed E-state index contributed by atoms with van der Waals surface area (Å²) in [6.07, 6.45) is 4.51. The Bertz CT molecular complexity index is 794. The molecular weight excluding hydrogens is 276 g/mol. The van der Waals surface area contributed by atoms with Crippen molar-refractivity contribution in [3.8, 4) is 5.75 Å². The van der Waals surface area contributed by atoms with E-state index >= 15 is 0 Å². The summed E-state index contributed by atoms with van der Waals surface area (Å²) >= 11 is 0. The molecule has 2 heterocycles. The molecule has 0 bridgehead atoms. The van der Waals surface area contributed by atoms with E-state index in [1.165, 1.54) is 11.1 Å². The molecule has 0 aliphatic carbocycles. The molecule has 0 aliphatic rings. The van der Waals surface area contributed by atoms with Gasteiger partial charge in [0.1, 0.15) is 5.75 Å². The van der Waals surface area contributed by atoms with E-state index in [1.54, 1.807) is 13.3 Å². The molecule has 3 aromatic rings. The van der Waals surface area contributed by atoms with Crippen molar-refractivity contribution in [2.75, 3.05) is 19.0 Å². The van der Waals surface area contributed by atoms with Crippen LogP contribution in [0.2, 0.25) is 0 Å². The summed E-state index contributed by atoms with van der Waals surface area (Å²) in [6.45, 7) is 2.90. The van der Waals surface area contributed by atoms with Crippen molar-refractivity contribution in [1.82, 2.24) is 14.5 Å². The molecule has 0 unspecified atom stereocenters. The Hall–Kier alpha value is -2.56. The molecule has 0 atom stereocenters. The largest absolute Gasteiger partial charge is 0.497 e. The van der Waals surface area contributed by atoms with Crippen molar-refractivity contribution in [3.05, 3.63) is 47.8 Å². The minimum absolute atomic E-state index is 0.817. The first kappa shape index (κ1) is 14.4. The highest BCUT2D eigenvalue weighted by Crippen LogP contribution is 2.18. The number of hydrogen-bond donors (Lipinski definition) is 1. The van der Waals surface area contributed by atoms with Crippen LogP contribution in [0.25, 0.3) is 11.0 Å². The minimum Gasteiger partial charge on any atom is -0.497 e. The van der Waals surface area contributed by atoms with Crippen molar-refractivity contribution in [2.45, 2.75) is 13.3 Å². The third-order valence-corrected chi connectivity index (χ3v) is 3.73. The topological polar surface area (TPSA) is 52.0 Å². The highest BCUT2D eigenvalue weighted by atomic mass is 16.5. The molecule has 3 rings (SSSR count). The molecule has 22 heavy (non-hydrogen) atoms. The SMILES string of the molecule is COc1cc(C)cc(CCNc2nc3ccncc3n2C)c1. The van der Waals surface area contributed by atoms with Gasteiger partial charge in [0, 0.05) is 19.8 Å². The fraction of sp³-hybridized carbons (Fsp3) is 0.294. The number of hydrogen-bond acceptors (Lipinski definition) is 4. The Kier molecular flexibility index (Phi) is 3.96. The van der Waals surface area contributed by atoms with Gasteiger partial charge in [-0.05, 0) is 42.7 Å². The standard InChI is InChI=1S/C17H20N4O/c1-12-8-13(10-14(9-12)22-3)4-7-19-17-20-15-5-6-18-11-16(15)21(17)2/h5-6,8-11H,4,7H2,1-3H3,(H,19,20). The summed E-state index contributed by atoms with van der Waals surface area (Å²) in [7, 11) is 3.69. The molecule has 0 saturated heterocycles. The predicted molar refractivity (Wildman–Crippen MR) is 88.4 cm³/mol. The molecule has 5 heteroatoms. The van der Waals surface area contributed by atoms with Crippen LogP contribution in [0.4, 0.5) is 5.95 Å². The lowest BCUT2D eigenvalue weighted by Crippen LogP contribution is -2.09. The number of anilines is 1. The van der Waals surface area contributed by atoms with Crippen molar-refractivity contribution < 1.29 is 4.74 Å². The number of methoxy groups -OCH3 is 1. The van der Waals surface area contributed by atoms with Gasteiger partial charge in [-0.1, -0.05) is 6.07 Å². The second kappa shape index (κ2) is 6.05. The molecule has 0 radical (unpaired) electrons. The van der Waals surface area contributed by atoms with Crippen molar-refractivity contribution in [1.29, 1.82) is 0 Å². The minimum atomic E-state index is 0.817. The first-order valence-electron chi connectivity index (χ1n) is 7.32. The van der Waals surface area contributed by atoms with E-state index in [0.717, 1.165) is 35.7 Å². The molecular formula is C17H20N4O. The number of benzene rings is 1. The van der Waals surface area contributed by atoms with Gasteiger partial charge < -0.3 is 14.6 Å². The Morgan fingerprint density at radius 3 is 2.91 bits per heavy atom. The molecule has 5 nitrogen and oxygen atoms in total. The fourth-order valence-electron chi connectivity index (χ4n) is 2.60. The zero-order chi connectivity index (χ0) is 15.5. The number of imidazole rings is 1. The van der Waals surface area contributed by atoms with Gasteiger partial charge in [0.15, 0.2) is 0 Å². The molecule has 2 aromatic heterocycles. The average Bonchev–Trinajstić information content (AvgIpc) is 2.84. The maximum atomic E-state index is 5.32. The Labute approximate surface area is 130 Å². The summed E-state index contributed by atoms with van der Waals surface area (Å²) in [6, 6.07) is 8.22. The van der Waals surface area contributed by atoms with E-state index in [9.17, 15) is 0 Å². The molecule has 0 spiro atoms. The van der Waals surface area contributed by atoms with Crippen LogP contribution in [-0.2, 0) is 13.5 Å². The zero-order valence-corrected chi connectivity index (χ0v) is 13.1. The number of nitrogens with zero attached hydrogens (tertiary/aromatic N) is 3. The third-order valence-electron chi connectivity index (χ3n) is 3.73. The summed E-state index contributed by atoms with van der Waals surface area (Å²) in [5.41, 5.74) is 4.45. The van der Waals surface area contributed by atoms with E-state index in [4.69, 9.17) is 4.74 Å². The molecule has 1 N–H and O–H groups in total. The maximum Gasteiger partial charge on any atom is 0.203 e. The van der Waals surface area contributed by atoms with Gasteiger partial charge in [-0.25, -0.2) is 4.98 Å². The molecule has 114 valence electrons. The van der Waals surface area contributed by atoms with Crippen molar-refractivity contribution in [2.24, 2.45) is 7.05 Å². The number of aromatic nitrogens is 3. The normalized spacial score (nSPS) is 10.9. The van der Waals surface area contributed by atoms with Crippen LogP contribution in [0.1, 0.15) is 11.1 Å². The lowest BCUT2D eigenvalue weighted by molar-refractivity contribution is 0.414. The number of ether oxygens (including phenoxy) is 1. The van der Waals surface area contributed by atoms with E-state index < -0.39 is 0 Å². The van der Waals surface area contributed by atoms with Gasteiger partial charge in [0.05, 0.1) is 24.3 Å². The molecule has 0 aliphatic heterocycles. The smallest absolute Gasteiger partial charge is 0.203 e. The summed E-state index contributed by atoms with van der Waals surface area (Å²) in [4.78, 5) is 8.72. The fourth-order valence-corrected chi connectivity index (χ4v) is 2.60. The number of rotatable bonds is 5. The van der Waals surface area contributed by atoms with Gasteiger partial charge in [-0.2, -0.15) is 0 Å². The monoisotopic (exact) mass is 296 g/mol.